The molecule has 0 bridgehead atoms. The first-order valence-corrected chi connectivity index (χ1v) is 6.02. The molecule has 0 radical (unpaired) electrons. The van der Waals surface area contributed by atoms with Gasteiger partial charge in [0.1, 0.15) is 0 Å². The monoisotopic (exact) mass is 212 g/mol. The van der Waals surface area contributed by atoms with E-state index < -0.39 is 0 Å². The van der Waals surface area contributed by atoms with Gasteiger partial charge in [0.05, 0.1) is 0 Å². The Morgan fingerprint density at radius 3 is 2.67 bits per heavy atom. The van der Waals surface area contributed by atoms with Crippen LogP contribution < -0.4 is 5.73 Å². The summed E-state index contributed by atoms with van der Waals surface area (Å²) in [6.45, 7) is 4.09. The summed E-state index contributed by atoms with van der Waals surface area (Å²) in [7, 11) is 1.88. The van der Waals surface area contributed by atoms with Crippen LogP contribution in [0, 0.1) is 5.92 Å². The van der Waals surface area contributed by atoms with Crippen molar-refractivity contribution in [2.24, 2.45) is 11.7 Å². The molecule has 1 aliphatic carbocycles. The predicted molar refractivity (Wildman–Crippen MR) is 62.5 cm³/mol. The molecular weight excluding hydrogens is 188 g/mol. The second-order valence-corrected chi connectivity index (χ2v) is 5.10. The summed E-state index contributed by atoms with van der Waals surface area (Å²) in [6.07, 6.45) is 5.20. The third-order valence-electron chi connectivity index (χ3n) is 3.45. The van der Waals surface area contributed by atoms with Gasteiger partial charge in [-0.15, -0.1) is 0 Å². The van der Waals surface area contributed by atoms with Crippen molar-refractivity contribution in [2.45, 2.75) is 58.0 Å². The van der Waals surface area contributed by atoms with Crippen molar-refractivity contribution in [1.29, 1.82) is 0 Å². The first-order chi connectivity index (χ1) is 7.00. The largest absolute Gasteiger partial charge is 0.343 e. The minimum Gasteiger partial charge on any atom is -0.343 e. The van der Waals surface area contributed by atoms with Gasteiger partial charge in [-0.3, -0.25) is 4.79 Å². The van der Waals surface area contributed by atoms with Crippen LogP contribution in [0.2, 0.25) is 0 Å². The molecule has 0 spiro atoms. The summed E-state index contributed by atoms with van der Waals surface area (Å²) in [5.74, 6) is 0.784. The molecule has 15 heavy (non-hydrogen) atoms. The maximum atomic E-state index is 11.8. The topological polar surface area (TPSA) is 46.3 Å². The summed E-state index contributed by atoms with van der Waals surface area (Å²) in [5.41, 5.74) is 5.91. The van der Waals surface area contributed by atoms with E-state index in [9.17, 15) is 4.79 Å². The molecule has 0 aromatic rings. The van der Waals surface area contributed by atoms with Crippen LogP contribution in [-0.2, 0) is 4.79 Å². The summed E-state index contributed by atoms with van der Waals surface area (Å²) in [5, 5.41) is 0. The second-order valence-electron chi connectivity index (χ2n) is 5.10. The lowest BCUT2D eigenvalue weighted by Gasteiger charge is -2.29. The van der Waals surface area contributed by atoms with Gasteiger partial charge in [0.2, 0.25) is 5.91 Å². The van der Waals surface area contributed by atoms with E-state index in [4.69, 9.17) is 5.73 Å². The molecule has 0 aromatic carbocycles. The minimum atomic E-state index is 0.268. The molecule has 2 unspecified atom stereocenters. The number of rotatable bonds is 3. The molecule has 0 aromatic heterocycles. The smallest absolute Gasteiger partial charge is 0.222 e. The molecule has 2 atom stereocenters. The molecule has 1 aliphatic rings. The first kappa shape index (κ1) is 12.5. The summed E-state index contributed by atoms with van der Waals surface area (Å²) in [6, 6.07) is 0.621. The molecule has 1 rings (SSSR count). The highest BCUT2D eigenvalue weighted by atomic mass is 16.2. The van der Waals surface area contributed by atoms with Crippen molar-refractivity contribution >= 4 is 5.91 Å². The standard InChI is InChI=1S/C12H24N2O/c1-9(2)14(3)12(15)8-10-5-4-6-11(13)7-10/h9-11H,4-8,13H2,1-3H3. The highest BCUT2D eigenvalue weighted by Crippen LogP contribution is 2.26. The highest BCUT2D eigenvalue weighted by molar-refractivity contribution is 5.76. The van der Waals surface area contributed by atoms with Crippen LogP contribution in [0.15, 0.2) is 0 Å². The molecule has 88 valence electrons. The Balaban J connectivity index is 2.37. The highest BCUT2D eigenvalue weighted by Gasteiger charge is 2.23. The maximum absolute atomic E-state index is 11.8. The quantitative estimate of drug-likeness (QED) is 0.775. The van der Waals surface area contributed by atoms with Crippen LogP contribution in [-0.4, -0.2) is 29.9 Å². The van der Waals surface area contributed by atoms with Gasteiger partial charge in [0, 0.05) is 25.6 Å². The number of nitrogens with zero attached hydrogens (tertiary/aromatic N) is 1. The fourth-order valence-corrected chi connectivity index (χ4v) is 2.20. The number of amides is 1. The number of hydrogen-bond acceptors (Lipinski definition) is 2. The zero-order chi connectivity index (χ0) is 11.4. The molecule has 3 heteroatoms. The maximum Gasteiger partial charge on any atom is 0.222 e. The van der Waals surface area contributed by atoms with Crippen LogP contribution in [0.3, 0.4) is 0 Å². The number of nitrogens with two attached hydrogens (primary N) is 1. The summed E-state index contributed by atoms with van der Waals surface area (Å²) < 4.78 is 0. The van der Waals surface area contributed by atoms with Gasteiger partial charge >= 0.3 is 0 Å². The van der Waals surface area contributed by atoms with E-state index in [2.05, 4.69) is 0 Å². The predicted octanol–water partition coefficient (Wildman–Crippen LogP) is 1.76. The Kier molecular flexibility index (Phi) is 4.58. The third-order valence-corrected chi connectivity index (χ3v) is 3.45. The normalized spacial score (nSPS) is 26.7. The third kappa shape index (κ3) is 3.82. The van der Waals surface area contributed by atoms with Gasteiger partial charge in [-0.05, 0) is 39.0 Å². The Labute approximate surface area is 93.0 Å². The molecule has 0 aliphatic heterocycles. The zero-order valence-electron chi connectivity index (χ0n) is 10.2. The molecule has 2 N–H and O–H groups in total. The second kappa shape index (κ2) is 5.50. The van der Waals surface area contributed by atoms with Crippen molar-refractivity contribution in [3.63, 3.8) is 0 Å². The lowest BCUT2D eigenvalue weighted by atomic mass is 9.84. The van der Waals surface area contributed by atoms with Crippen molar-refractivity contribution in [2.75, 3.05) is 7.05 Å². The summed E-state index contributed by atoms with van der Waals surface area (Å²) >= 11 is 0. The lowest BCUT2D eigenvalue weighted by Crippen LogP contribution is -2.36. The molecule has 0 saturated heterocycles. The molecular formula is C12H24N2O. The zero-order valence-corrected chi connectivity index (χ0v) is 10.2. The average Bonchev–Trinajstić information content (AvgIpc) is 2.16. The number of carbonyl (C=O) groups excluding carboxylic acids is 1. The number of carbonyl (C=O) groups is 1. The fraction of sp³-hybridized carbons (Fsp3) is 0.917. The SMILES string of the molecule is CC(C)N(C)C(=O)CC1CCCC(N)C1. The Bertz CT molecular complexity index is 216. The Morgan fingerprint density at radius 1 is 1.47 bits per heavy atom. The van der Waals surface area contributed by atoms with E-state index >= 15 is 0 Å². The molecule has 3 nitrogen and oxygen atoms in total. The van der Waals surface area contributed by atoms with Gasteiger partial charge in [-0.2, -0.15) is 0 Å². The van der Waals surface area contributed by atoms with Crippen LogP contribution in [0.4, 0.5) is 0 Å². The first-order valence-electron chi connectivity index (χ1n) is 6.02. The van der Waals surface area contributed by atoms with Crippen LogP contribution in [0.25, 0.3) is 0 Å². The van der Waals surface area contributed by atoms with Crippen molar-refractivity contribution in [1.82, 2.24) is 4.90 Å². The fourth-order valence-electron chi connectivity index (χ4n) is 2.20. The van der Waals surface area contributed by atoms with E-state index in [1.807, 2.05) is 25.8 Å². The van der Waals surface area contributed by atoms with Crippen LogP contribution >= 0.6 is 0 Å². The Hall–Kier alpha value is -0.570. The lowest BCUT2D eigenvalue weighted by molar-refractivity contribution is -0.132. The van der Waals surface area contributed by atoms with E-state index in [1.54, 1.807) is 0 Å². The van der Waals surface area contributed by atoms with Gasteiger partial charge in [0.25, 0.3) is 0 Å². The van der Waals surface area contributed by atoms with Crippen LogP contribution in [0.1, 0.15) is 46.0 Å². The van der Waals surface area contributed by atoms with Gasteiger partial charge in [0.15, 0.2) is 0 Å². The van der Waals surface area contributed by atoms with Gasteiger partial charge < -0.3 is 10.6 Å². The molecule has 1 fully saturated rings. The average molecular weight is 212 g/mol. The van der Waals surface area contributed by atoms with Gasteiger partial charge in [-0.25, -0.2) is 0 Å². The van der Waals surface area contributed by atoms with Gasteiger partial charge in [-0.1, -0.05) is 6.42 Å². The van der Waals surface area contributed by atoms with Crippen molar-refractivity contribution in [3.05, 3.63) is 0 Å². The van der Waals surface area contributed by atoms with Crippen molar-refractivity contribution in [3.8, 4) is 0 Å². The minimum absolute atomic E-state index is 0.268. The molecule has 1 amide bonds. The van der Waals surface area contributed by atoms with E-state index in [-0.39, 0.29) is 5.91 Å². The van der Waals surface area contributed by atoms with E-state index in [0.29, 0.717) is 24.4 Å². The molecule has 0 heterocycles. The van der Waals surface area contributed by atoms with Crippen molar-refractivity contribution < 1.29 is 4.79 Å². The molecule has 1 saturated carbocycles. The number of hydrogen-bond donors (Lipinski definition) is 1. The Morgan fingerprint density at radius 2 is 2.13 bits per heavy atom. The van der Waals surface area contributed by atoms with E-state index in [1.165, 1.54) is 12.8 Å². The van der Waals surface area contributed by atoms with Crippen LogP contribution in [0.5, 0.6) is 0 Å². The summed E-state index contributed by atoms with van der Waals surface area (Å²) in [4.78, 5) is 13.7. The van der Waals surface area contributed by atoms with E-state index in [0.717, 1.165) is 12.8 Å².